The Labute approximate surface area is 142 Å². The summed E-state index contributed by atoms with van der Waals surface area (Å²) in [7, 11) is -4.00. The largest absolute Gasteiger partial charge is 0.480 e. The number of carboxylic acid groups (broad SMARTS) is 1. The predicted octanol–water partition coefficient (Wildman–Crippen LogP) is 1.57. The minimum absolute atomic E-state index is 0.0175. The molecule has 0 unspecified atom stereocenters. The molecule has 0 amide bonds. The molecule has 1 aromatic rings. The average Bonchev–Trinajstić information content (AvgIpc) is 2.46. The van der Waals surface area contributed by atoms with Gasteiger partial charge < -0.3 is 9.84 Å². The molecule has 0 saturated carbocycles. The van der Waals surface area contributed by atoms with Gasteiger partial charge in [0.1, 0.15) is 6.04 Å². The van der Waals surface area contributed by atoms with Gasteiger partial charge in [0.25, 0.3) is 0 Å². The zero-order valence-electron chi connectivity index (χ0n) is 14.0. The first-order chi connectivity index (χ1) is 11.2. The number of hydrogen-bond donors (Lipinski definition) is 2. The maximum Gasteiger partial charge on any atom is 0.321 e. The number of hydrogen-bond acceptors (Lipinski definition) is 5. The zero-order valence-corrected chi connectivity index (χ0v) is 14.8. The fraction of sp³-hybridized carbons (Fsp3) is 0.500. The highest BCUT2D eigenvalue weighted by molar-refractivity contribution is 7.89. The second-order valence-corrected chi connectivity index (χ2v) is 7.48. The normalized spacial score (nSPS) is 12.8. The third kappa shape index (κ3) is 6.29. The van der Waals surface area contributed by atoms with Gasteiger partial charge in [-0.15, -0.1) is 0 Å². The van der Waals surface area contributed by atoms with Crippen molar-refractivity contribution in [1.82, 2.24) is 4.72 Å². The topological polar surface area (TPSA) is 110 Å². The van der Waals surface area contributed by atoms with Gasteiger partial charge in [0, 0.05) is 0 Å². The van der Waals surface area contributed by atoms with Crippen LogP contribution in [0.25, 0.3) is 0 Å². The highest BCUT2D eigenvalue weighted by atomic mass is 32.2. The third-order valence-corrected chi connectivity index (χ3v) is 4.63. The van der Waals surface area contributed by atoms with E-state index in [1.165, 1.54) is 18.2 Å². The van der Waals surface area contributed by atoms with Crippen LogP contribution >= 0.6 is 0 Å². The van der Waals surface area contributed by atoms with E-state index < -0.39 is 28.0 Å². The van der Waals surface area contributed by atoms with Crippen molar-refractivity contribution in [3.05, 3.63) is 29.8 Å². The predicted molar refractivity (Wildman–Crippen MR) is 88.0 cm³/mol. The van der Waals surface area contributed by atoms with E-state index in [0.717, 1.165) is 0 Å². The Balaban J connectivity index is 2.97. The van der Waals surface area contributed by atoms with Crippen LogP contribution in [0.4, 0.5) is 0 Å². The van der Waals surface area contributed by atoms with Crippen molar-refractivity contribution in [3.63, 3.8) is 0 Å². The molecule has 0 saturated heterocycles. The second-order valence-electron chi connectivity index (χ2n) is 5.77. The van der Waals surface area contributed by atoms with Gasteiger partial charge in [0.05, 0.1) is 17.9 Å². The van der Waals surface area contributed by atoms with Crippen LogP contribution in [0.15, 0.2) is 29.2 Å². The van der Waals surface area contributed by atoms with E-state index in [0.29, 0.717) is 5.56 Å². The molecule has 0 heterocycles. The Kier molecular flexibility index (Phi) is 7.37. The van der Waals surface area contributed by atoms with Gasteiger partial charge in [-0.25, -0.2) is 8.42 Å². The van der Waals surface area contributed by atoms with Crippen LogP contribution in [0.5, 0.6) is 0 Å². The van der Waals surface area contributed by atoms with E-state index in [4.69, 9.17) is 4.74 Å². The molecule has 134 valence electrons. The summed E-state index contributed by atoms with van der Waals surface area (Å²) in [5, 5.41) is 9.18. The Bertz CT molecular complexity index is 684. The van der Waals surface area contributed by atoms with E-state index in [2.05, 4.69) is 4.72 Å². The van der Waals surface area contributed by atoms with Crippen LogP contribution in [0.1, 0.15) is 32.8 Å². The van der Waals surface area contributed by atoms with Crippen LogP contribution < -0.4 is 4.72 Å². The summed E-state index contributed by atoms with van der Waals surface area (Å²) >= 11 is 0. The van der Waals surface area contributed by atoms with Crippen molar-refractivity contribution >= 4 is 22.0 Å². The summed E-state index contributed by atoms with van der Waals surface area (Å²) in [5.74, 6) is -1.66. The van der Waals surface area contributed by atoms with Crippen LogP contribution in [-0.2, 0) is 30.8 Å². The van der Waals surface area contributed by atoms with E-state index in [1.807, 2.05) is 13.8 Å². The molecule has 0 bridgehead atoms. The molecule has 0 spiro atoms. The fourth-order valence-corrected chi connectivity index (χ4v) is 3.40. The van der Waals surface area contributed by atoms with E-state index >= 15 is 0 Å². The van der Waals surface area contributed by atoms with Crippen LogP contribution in [0, 0.1) is 5.92 Å². The highest BCUT2D eigenvalue weighted by Gasteiger charge is 2.26. The van der Waals surface area contributed by atoms with Crippen molar-refractivity contribution in [1.29, 1.82) is 0 Å². The molecule has 2 N–H and O–H groups in total. The smallest absolute Gasteiger partial charge is 0.321 e. The molecule has 0 aliphatic rings. The minimum Gasteiger partial charge on any atom is -0.480 e. The molecule has 24 heavy (non-hydrogen) atoms. The number of aliphatic carboxylic acids is 1. The molecule has 1 aromatic carbocycles. The van der Waals surface area contributed by atoms with Gasteiger partial charge in [-0.05, 0) is 37.0 Å². The van der Waals surface area contributed by atoms with Crippen LogP contribution in [0.3, 0.4) is 0 Å². The van der Waals surface area contributed by atoms with Crippen molar-refractivity contribution < 1.29 is 27.9 Å². The third-order valence-electron chi connectivity index (χ3n) is 3.17. The summed E-state index contributed by atoms with van der Waals surface area (Å²) in [6.45, 7) is 5.55. The number of ether oxygens (including phenoxy) is 1. The van der Waals surface area contributed by atoms with Gasteiger partial charge in [0.2, 0.25) is 10.0 Å². The zero-order chi connectivity index (χ0) is 18.3. The molecule has 7 nitrogen and oxygen atoms in total. The molecule has 1 atom stereocenters. The molecule has 8 heteroatoms. The van der Waals surface area contributed by atoms with Gasteiger partial charge >= 0.3 is 11.9 Å². The van der Waals surface area contributed by atoms with Gasteiger partial charge in [-0.1, -0.05) is 26.0 Å². The van der Waals surface area contributed by atoms with E-state index in [1.54, 1.807) is 13.0 Å². The Morgan fingerprint density at radius 1 is 1.29 bits per heavy atom. The molecule has 0 aromatic heterocycles. The first kappa shape index (κ1) is 20.1. The summed E-state index contributed by atoms with van der Waals surface area (Å²) in [6, 6.07) is 4.60. The van der Waals surface area contributed by atoms with Gasteiger partial charge in [-0.3, -0.25) is 9.59 Å². The lowest BCUT2D eigenvalue weighted by Gasteiger charge is -2.17. The lowest BCUT2D eigenvalue weighted by atomic mass is 10.1. The summed E-state index contributed by atoms with van der Waals surface area (Å²) in [6.07, 6.45) is 0.128. The number of carbonyl (C=O) groups excluding carboxylic acids is 1. The Morgan fingerprint density at radius 2 is 1.96 bits per heavy atom. The number of carbonyl (C=O) groups is 2. The first-order valence-electron chi connectivity index (χ1n) is 7.65. The highest BCUT2D eigenvalue weighted by Crippen LogP contribution is 2.15. The van der Waals surface area contributed by atoms with E-state index in [-0.39, 0.29) is 30.3 Å². The molecule has 0 radical (unpaired) electrons. The lowest BCUT2D eigenvalue weighted by molar-refractivity contribution is -0.142. The fourth-order valence-electron chi connectivity index (χ4n) is 2.13. The molecule has 0 aliphatic carbocycles. The Hall–Kier alpha value is -1.93. The van der Waals surface area contributed by atoms with E-state index in [9.17, 15) is 23.1 Å². The molecule has 0 aliphatic heterocycles. The monoisotopic (exact) mass is 357 g/mol. The first-order valence-corrected chi connectivity index (χ1v) is 9.13. The van der Waals surface area contributed by atoms with Crippen molar-refractivity contribution in [2.24, 2.45) is 5.92 Å². The van der Waals surface area contributed by atoms with Crippen LogP contribution in [-0.4, -0.2) is 38.1 Å². The van der Waals surface area contributed by atoms with Crippen molar-refractivity contribution in [2.75, 3.05) is 6.61 Å². The van der Waals surface area contributed by atoms with Crippen molar-refractivity contribution in [3.8, 4) is 0 Å². The maximum atomic E-state index is 12.4. The number of sulfonamides is 1. The van der Waals surface area contributed by atoms with Crippen LogP contribution in [0.2, 0.25) is 0 Å². The average molecular weight is 357 g/mol. The molecule has 0 fully saturated rings. The number of rotatable bonds is 9. The summed E-state index contributed by atoms with van der Waals surface area (Å²) in [5.41, 5.74) is 0.479. The Morgan fingerprint density at radius 3 is 2.50 bits per heavy atom. The van der Waals surface area contributed by atoms with Gasteiger partial charge in [0.15, 0.2) is 0 Å². The quantitative estimate of drug-likeness (QED) is 0.649. The molecular formula is C16H23NO6S. The standard InChI is InChI=1S/C16H23NO6S/c1-4-23-15(18)10-12-6-5-7-13(9-12)24(21,22)17-14(16(19)20)8-11(2)3/h5-7,9,11,14,17H,4,8,10H2,1-3H3,(H,19,20)/t14-/m0/s1. The molecular weight excluding hydrogens is 334 g/mol. The summed E-state index contributed by atoms with van der Waals surface area (Å²) in [4.78, 5) is 22.7. The minimum atomic E-state index is -4.00. The summed E-state index contributed by atoms with van der Waals surface area (Å²) < 4.78 is 31.8. The molecule has 1 rings (SSSR count). The SMILES string of the molecule is CCOC(=O)Cc1cccc(S(=O)(=O)N[C@@H](CC(C)C)C(=O)O)c1. The van der Waals surface area contributed by atoms with Gasteiger partial charge in [-0.2, -0.15) is 4.72 Å². The second kappa shape index (κ2) is 8.79. The number of esters is 1. The number of carboxylic acids is 1. The van der Waals surface area contributed by atoms with Crippen molar-refractivity contribution in [2.45, 2.75) is 44.6 Å². The maximum absolute atomic E-state index is 12.4. The lowest BCUT2D eigenvalue weighted by Crippen LogP contribution is -2.41. The number of benzene rings is 1. The number of nitrogens with one attached hydrogen (secondary N) is 1.